The summed E-state index contributed by atoms with van der Waals surface area (Å²) in [5, 5.41) is 5.97. The maximum atomic E-state index is 11.9. The second-order valence-corrected chi connectivity index (χ2v) is 4.74. The first-order chi connectivity index (χ1) is 9.79. The van der Waals surface area contributed by atoms with Crippen LogP contribution in [0.2, 0.25) is 0 Å². The summed E-state index contributed by atoms with van der Waals surface area (Å²) in [6.07, 6.45) is 2.43. The summed E-state index contributed by atoms with van der Waals surface area (Å²) in [6, 6.07) is 7.44. The van der Waals surface area contributed by atoms with Crippen molar-refractivity contribution in [2.45, 2.75) is 25.9 Å². The van der Waals surface area contributed by atoms with Crippen LogP contribution in [0, 0.1) is 0 Å². The Kier molecular flexibility index (Phi) is 5.83. The maximum absolute atomic E-state index is 11.9. The molecular weight excluding hydrogens is 256 g/mol. The Hall–Kier alpha value is -1.59. The van der Waals surface area contributed by atoms with Crippen molar-refractivity contribution in [3.05, 3.63) is 24.3 Å². The summed E-state index contributed by atoms with van der Waals surface area (Å²) in [4.78, 5) is 11.9. The van der Waals surface area contributed by atoms with Crippen LogP contribution in [-0.4, -0.2) is 38.3 Å². The van der Waals surface area contributed by atoms with Gasteiger partial charge in [0.2, 0.25) is 5.91 Å². The number of ether oxygens (including phenoxy) is 2. The first-order valence-corrected chi connectivity index (χ1v) is 7.13. The minimum absolute atomic E-state index is 0.0739. The average Bonchev–Trinajstić information content (AvgIpc) is 2.94. The maximum Gasteiger partial charge on any atom is 0.238 e. The van der Waals surface area contributed by atoms with E-state index < -0.39 is 0 Å². The van der Waals surface area contributed by atoms with E-state index in [0.717, 1.165) is 26.0 Å². The molecule has 0 spiro atoms. The van der Waals surface area contributed by atoms with E-state index >= 15 is 0 Å². The van der Waals surface area contributed by atoms with E-state index in [0.29, 0.717) is 18.0 Å². The fourth-order valence-electron chi connectivity index (χ4n) is 2.20. The Labute approximate surface area is 119 Å². The number of benzene rings is 1. The fraction of sp³-hybridized carbons (Fsp3) is 0.533. The van der Waals surface area contributed by atoms with Gasteiger partial charge in [0.1, 0.15) is 5.75 Å². The Morgan fingerprint density at radius 2 is 2.30 bits per heavy atom. The van der Waals surface area contributed by atoms with Crippen molar-refractivity contribution >= 4 is 11.6 Å². The van der Waals surface area contributed by atoms with E-state index in [-0.39, 0.29) is 18.6 Å². The topological polar surface area (TPSA) is 59.6 Å². The number of anilines is 1. The second-order valence-electron chi connectivity index (χ2n) is 4.74. The second kappa shape index (κ2) is 7.87. The molecule has 0 saturated carbocycles. The standard InChI is InChI=1S/C15H22N2O3/c1-2-19-14-8-4-3-7-13(14)17-15(18)11-16-10-12-6-5-9-20-12/h3-4,7-8,12,16H,2,5-6,9-11H2,1H3,(H,17,18). The summed E-state index contributed by atoms with van der Waals surface area (Å²) in [7, 11) is 0. The smallest absolute Gasteiger partial charge is 0.238 e. The van der Waals surface area contributed by atoms with E-state index in [1.54, 1.807) is 0 Å². The van der Waals surface area contributed by atoms with Gasteiger partial charge in [0.05, 0.1) is 24.9 Å². The molecule has 20 heavy (non-hydrogen) atoms. The van der Waals surface area contributed by atoms with Crippen molar-refractivity contribution in [2.75, 3.05) is 31.6 Å². The lowest BCUT2D eigenvalue weighted by Crippen LogP contribution is -2.33. The summed E-state index contributed by atoms with van der Waals surface area (Å²) < 4.78 is 11.0. The highest BCUT2D eigenvalue weighted by Crippen LogP contribution is 2.23. The molecule has 1 unspecified atom stereocenters. The lowest BCUT2D eigenvalue weighted by Gasteiger charge is -2.13. The number of para-hydroxylation sites is 2. The summed E-state index contributed by atoms with van der Waals surface area (Å²) in [5.74, 6) is 0.623. The monoisotopic (exact) mass is 278 g/mol. The molecule has 0 bridgehead atoms. The van der Waals surface area contributed by atoms with Crippen molar-refractivity contribution in [1.29, 1.82) is 0 Å². The molecule has 5 nitrogen and oxygen atoms in total. The van der Waals surface area contributed by atoms with Gasteiger partial charge in [0, 0.05) is 13.2 Å². The van der Waals surface area contributed by atoms with Crippen LogP contribution in [0.4, 0.5) is 5.69 Å². The molecule has 1 aliphatic heterocycles. The highest BCUT2D eigenvalue weighted by molar-refractivity contribution is 5.93. The summed E-state index contributed by atoms with van der Waals surface area (Å²) >= 11 is 0. The molecule has 1 aromatic rings. The molecule has 2 rings (SSSR count). The Balaban J connectivity index is 1.75. The first-order valence-electron chi connectivity index (χ1n) is 7.13. The Morgan fingerprint density at radius 3 is 3.05 bits per heavy atom. The lowest BCUT2D eigenvalue weighted by molar-refractivity contribution is -0.115. The van der Waals surface area contributed by atoms with Crippen molar-refractivity contribution in [2.24, 2.45) is 0 Å². The van der Waals surface area contributed by atoms with Gasteiger partial charge in [0.15, 0.2) is 0 Å². The minimum atomic E-state index is -0.0739. The third kappa shape index (κ3) is 4.51. The number of carbonyl (C=O) groups excluding carboxylic acids is 1. The predicted octanol–water partition coefficient (Wildman–Crippen LogP) is 1.79. The van der Waals surface area contributed by atoms with Crippen molar-refractivity contribution in [3.8, 4) is 5.75 Å². The van der Waals surface area contributed by atoms with Crippen LogP contribution in [0.25, 0.3) is 0 Å². The molecule has 1 heterocycles. The van der Waals surface area contributed by atoms with Crippen LogP contribution in [0.3, 0.4) is 0 Å². The third-order valence-electron chi connectivity index (χ3n) is 3.14. The molecule has 2 N–H and O–H groups in total. The van der Waals surface area contributed by atoms with Gasteiger partial charge >= 0.3 is 0 Å². The summed E-state index contributed by atoms with van der Waals surface area (Å²) in [5.41, 5.74) is 0.707. The number of hydrogen-bond acceptors (Lipinski definition) is 4. The third-order valence-corrected chi connectivity index (χ3v) is 3.14. The quantitative estimate of drug-likeness (QED) is 0.798. The molecule has 1 aromatic carbocycles. The van der Waals surface area contributed by atoms with Crippen molar-refractivity contribution in [1.82, 2.24) is 5.32 Å². The van der Waals surface area contributed by atoms with E-state index in [1.807, 2.05) is 31.2 Å². The molecule has 5 heteroatoms. The Morgan fingerprint density at radius 1 is 1.45 bits per heavy atom. The molecule has 0 radical (unpaired) electrons. The van der Waals surface area contributed by atoms with Crippen LogP contribution in [0.1, 0.15) is 19.8 Å². The fourth-order valence-corrected chi connectivity index (χ4v) is 2.20. The summed E-state index contributed by atoms with van der Waals surface area (Å²) in [6.45, 7) is 4.33. The van der Waals surface area contributed by atoms with Gasteiger partial charge in [0.25, 0.3) is 0 Å². The molecule has 1 fully saturated rings. The Bertz CT molecular complexity index is 431. The van der Waals surface area contributed by atoms with Crippen LogP contribution < -0.4 is 15.4 Å². The lowest BCUT2D eigenvalue weighted by atomic mass is 10.2. The van der Waals surface area contributed by atoms with Crippen LogP contribution in [0.15, 0.2) is 24.3 Å². The molecule has 110 valence electrons. The van der Waals surface area contributed by atoms with Crippen molar-refractivity contribution < 1.29 is 14.3 Å². The van der Waals surface area contributed by atoms with E-state index in [9.17, 15) is 4.79 Å². The number of rotatable bonds is 7. The first kappa shape index (κ1) is 14.8. The zero-order chi connectivity index (χ0) is 14.2. The largest absolute Gasteiger partial charge is 0.492 e. The minimum Gasteiger partial charge on any atom is -0.492 e. The van der Waals surface area contributed by atoms with Gasteiger partial charge in [-0.3, -0.25) is 4.79 Å². The SMILES string of the molecule is CCOc1ccccc1NC(=O)CNCC1CCCO1. The van der Waals surface area contributed by atoms with Crippen molar-refractivity contribution in [3.63, 3.8) is 0 Å². The van der Waals surface area contributed by atoms with Gasteiger partial charge in [-0.25, -0.2) is 0 Å². The molecule has 1 amide bonds. The van der Waals surface area contributed by atoms with Gasteiger partial charge < -0.3 is 20.1 Å². The van der Waals surface area contributed by atoms with Gasteiger partial charge in [-0.05, 0) is 31.9 Å². The van der Waals surface area contributed by atoms with Gasteiger partial charge in [-0.15, -0.1) is 0 Å². The normalized spacial score (nSPS) is 17.9. The zero-order valence-corrected chi connectivity index (χ0v) is 11.9. The molecule has 1 saturated heterocycles. The van der Waals surface area contributed by atoms with Gasteiger partial charge in [-0.2, -0.15) is 0 Å². The number of hydrogen-bond donors (Lipinski definition) is 2. The molecule has 1 aliphatic rings. The molecule has 1 atom stereocenters. The molecule has 0 aliphatic carbocycles. The predicted molar refractivity (Wildman–Crippen MR) is 78.1 cm³/mol. The number of carbonyl (C=O) groups is 1. The van der Waals surface area contributed by atoms with E-state index in [4.69, 9.17) is 9.47 Å². The number of nitrogens with one attached hydrogen (secondary N) is 2. The highest BCUT2D eigenvalue weighted by atomic mass is 16.5. The highest BCUT2D eigenvalue weighted by Gasteiger charge is 2.15. The molecule has 0 aromatic heterocycles. The van der Waals surface area contributed by atoms with Crippen LogP contribution >= 0.6 is 0 Å². The average molecular weight is 278 g/mol. The molecular formula is C15H22N2O3. The van der Waals surface area contributed by atoms with E-state index in [2.05, 4.69) is 10.6 Å². The van der Waals surface area contributed by atoms with Crippen LogP contribution in [-0.2, 0) is 9.53 Å². The van der Waals surface area contributed by atoms with Gasteiger partial charge in [-0.1, -0.05) is 12.1 Å². The van der Waals surface area contributed by atoms with Crippen LogP contribution in [0.5, 0.6) is 5.75 Å². The number of amides is 1. The van der Waals surface area contributed by atoms with E-state index in [1.165, 1.54) is 0 Å². The zero-order valence-electron chi connectivity index (χ0n) is 11.9.